The summed E-state index contributed by atoms with van der Waals surface area (Å²) in [4.78, 5) is 21.4. The third-order valence-electron chi connectivity index (χ3n) is 4.58. The predicted molar refractivity (Wildman–Crippen MR) is 105 cm³/mol. The molecule has 1 aromatic carbocycles. The molecule has 1 aliphatic rings. The smallest absolute Gasteiger partial charge is 0.241 e. The van der Waals surface area contributed by atoms with Crippen LogP contribution in [0.15, 0.2) is 47.1 Å². The lowest BCUT2D eigenvalue weighted by molar-refractivity contribution is -0.120. The minimum atomic E-state index is -0.262. The highest BCUT2D eigenvalue weighted by atomic mass is 79.9. The van der Waals surface area contributed by atoms with E-state index in [4.69, 9.17) is 5.26 Å². The Kier molecular flexibility index (Phi) is 5.86. The van der Waals surface area contributed by atoms with Gasteiger partial charge in [0.05, 0.1) is 17.3 Å². The topological polar surface area (TPSA) is 72.3 Å². The number of nitriles is 1. The summed E-state index contributed by atoms with van der Waals surface area (Å²) < 4.78 is 0.961. The number of pyridine rings is 1. The molecule has 1 aliphatic heterocycles. The third-order valence-corrected chi connectivity index (χ3v) is 5.05. The summed E-state index contributed by atoms with van der Waals surface area (Å²) in [5.41, 5.74) is 1.03. The number of amides is 1. The van der Waals surface area contributed by atoms with E-state index in [0.717, 1.165) is 36.5 Å². The maximum atomic E-state index is 12.6. The SMILES string of the molecule is CC(C(=O)Nc1ccccc1C#N)N1CCN(c2ccc(Br)cn2)CC1. The molecule has 0 radical (unpaired) electrons. The molecule has 3 rings (SSSR count). The standard InChI is InChI=1S/C19H20BrN5O/c1-14(19(26)23-17-5-3-2-4-15(17)12-21)24-8-10-25(11-9-24)18-7-6-16(20)13-22-18/h2-7,13-14H,8-11H2,1H3,(H,23,26). The fourth-order valence-corrected chi connectivity index (χ4v) is 3.22. The number of carbonyl (C=O) groups excluding carboxylic acids is 1. The molecular formula is C19H20BrN5O. The maximum absolute atomic E-state index is 12.6. The molecule has 1 saturated heterocycles. The van der Waals surface area contributed by atoms with Crippen LogP contribution in [0.4, 0.5) is 11.5 Å². The number of aromatic nitrogens is 1. The Labute approximate surface area is 161 Å². The quantitative estimate of drug-likeness (QED) is 0.833. The molecule has 1 fully saturated rings. The first-order chi connectivity index (χ1) is 12.6. The summed E-state index contributed by atoms with van der Waals surface area (Å²) in [6, 6.07) is 12.9. The van der Waals surface area contributed by atoms with Crippen LogP contribution in [-0.4, -0.2) is 48.0 Å². The van der Waals surface area contributed by atoms with Crippen molar-refractivity contribution >= 4 is 33.3 Å². The first kappa shape index (κ1) is 18.4. The van der Waals surface area contributed by atoms with Crippen molar-refractivity contribution in [1.29, 1.82) is 5.26 Å². The number of hydrogen-bond donors (Lipinski definition) is 1. The normalized spacial score (nSPS) is 16.0. The van der Waals surface area contributed by atoms with E-state index in [1.54, 1.807) is 24.4 Å². The summed E-state index contributed by atoms with van der Waals surface area (Å²) in [6.07, 6.45) is 1.80. The minimum absolute atomic E-state index is 0.0945. The fraction of sp³-hybridized carbons (Fsp3) is 0.316. The van der Waals surface area contributed by atoms with Gasteiger partial charge < -0.3 is 10.2 Å². The van der Waals surface area contributed by atoms with Gasteiger partial charge in [-0.15, -0.1) is 0 Å². The van der Waals surface area contributed by atoms with E-state index in [1.165, 1.54) is 0 Å². The number of carbonyl (C=O) groups is 1. The first-order valence-corrected chi connectivity index (χ1v) is 9.28. The molecule has 0 aliphatic carbocycles. The van der Waals surface area contributed by atoms with Gasteiger partial charge >= 0.3 is 0 Å². The number of nitrogens with one attached hydrogen (secondary N) is 1. The molecule has 6 nitrogen and oxygen atoms in total. The van der Waals surface area contributed by atoms with Crippen LogP contribution in [0.5, 0.6) is 0 Å². The largest absolute Gasteiger partial charge is 0.354 e. The average Bonchev–Trinajstić information content (AvgIpc) is 2.68. The van der Waals surface area contributed by atoms with Crippen LogP contribution in [0.1, 0.15) is 12.5 Å². The van der Waals surface area contributed by atoms with Gasteiger partial charge in [-0.3, -0.25) is 9.69 Å². The number of anilines is 2. The Balaban J connectivity index is 1.57. The number of para-hydroxylation sites is 1. The molecule has 134 valence electrons. The Morgan fingerprint density at radius 3 is 2.62 bits per heavy atom. The molecule has 0 saturated carbocycles. The number of piperazine rings is 1. The van der Waals surface area contributed by atoms with E-state index in [-0.39, 0.29) is 11.9 Å². The van der Waals surface area contributed by atoms with Crippen molar-refractivity contribution in [3.05, 3.63) is 52.6 Å². The number of benzene rings is 1. The lowest BCUT2D eigenvalue weighted by Crippen LogP contribution is -2.53. The number of rotatable bonds is 4. The lowest BCUT2D eigenvalue weighted by Gasteiger charge is -2.38. The van der Waals surface area contributed by atoms with Crippen LogP contribution < -0.4 is 10.2 Å². The number of hydrogen-bond acceptors (Lipinski definition) is 5. The van der Waals surface area contributed by atoms with Gasteiger partial charge in [0.25, 0.3) is 0 Å². The van der Waals surface area contributed by atoms with Gasteiger partial charge in [0.1, 0.15) is 11.9 Å². The summed E-state index contributed by atoms with van der Waals surface area (Å²) in [5, 5.41) is 12.0. The summed E-state index contributed by atoms with van der Waals surface area (Å²) >= 11 is 3.40. The van der Waals surface area contributed by atoms with Gasteiger partial charge in [0.2, 0.25) is 5.91 Å². The molecule has 0 spiro atoms. The van der Waals surface area contributed by atoms with Gasteiger partial charge in [-0.1, -0.05) is 12.1 Å². The van der Waals surface area contributed by atoms with E-state index in [0.29, 0.717) is 11.3 Å². The molecule has 1 N–H and O–H groups in total. The second-order valence-electron chi connectivity index (χ2n) is 6.18. The van der Waals surface area contributed by atoms with Gasteiger partial charge in [-0.05, 0) is 47.1 Å². The number of halogens is 1. The molecule has 26 heavy (non-hydrogen) atoms. The highest BCUT2D eigenvalue weighted by Crippen LogP contribution is 2.18. The van der Waals surface area contributed by atoms with Crippen molar-refractivity contribution < 1.29 is 4.79 Å². The van der Waals surface area contributed by atoms with E-state index in [2.05, 4.69) is 42.1 Å². The van der Waals surface area contributed by atoms with Crippen molar-refractivity contribution in [2.75, 3.05) is 36.4 Å². The molecule has 1 amide bonds. The van der Waals surface area contributed by atoms with Crippen LogP contribution in [0.3, 0.4) is 0 Å². The third kappa shape index (κ3) is 4.21. The second kappa shape index (κ2) is 8.30. The Hall–Kier alpha value is -2.43. The van der Waals surface area contributed by atoms with Crippen molar-refractivity contribution in [2.45, 2.75) is 13.0 Å². The minimum Gasteiger partial charge on any atom is -0.354 e. The lowest BCUT2D eigenvalue weighted by atomic mass is 10.1. The average molecular weight is 414 g/mol. The van der Waals surface area contributed by atoms with Crippen molar-refractivity contribution in [1.82, 2.24) is 9.88 Å². The zero-order chi connectivity index (χ0) is 18.5. The predicted octanol–water partition coefficient (Wildman–Crippen LogP) is 2.86. The Morgan fingerprint density at radius 1 is 1.23 bits per heavy atom. The van der Waals surface area contributed by atoms with Crippen LogP contribution in [-0.2, 0) is 4.79 Å². The molecule has 1 unspecified atom stereocenters. The van der Waals surface area contributed by atoms with E-state index in [9.17, 15) is 4.79 Å². The van der Waals surface area contributed by atoms with Crippen LogP contribution >= 0.6 is 15.9 Å². The van der Waals surface area contributed by atoms with Gasteiger partial charge in [0.15, 0.2) is 0 Å². The van der Waals surface area contributed by atoms with Gasteiger partial charge in [0, 0.05) is 36.8 Å². The highest BCUT2D eigenvalue weighted by Gasteiger charge is 2.26. The van der Waals surface area contributed by atoms with E-state index >= 15 is 0 Å². The zero-order valence-electron chi connectivity index (χ0n) is 14.5. The number of nitrogens with zero attached hydrogens (tertiary/aromatic N) is 4. The Morgan fingerprint density at radius 2 is 1.96 bits per heavy atom. The van der Waals surface area contributed by atoms with Gasteiger partial charge in [-0.2, -0.15) is 5.26 Å². The zero-order valence-corrected chi connectivity index (χ0v) is 16.1. The van der Waals surface area contributed by atoms with Crippen LogP contribution in [0.2, 0.25) is 0 Å². The van der Waals surface area contributed by atoms with Gasteiger partial charge in [-0.25, -0.2) is 4.98 Å². The summed E-state index contributed by atoms with van der Waals surface area (Å²) in [5.74, 6) is 0.857. The van der Waals surface area contributed by atoms with Crippen molar-refractivity contribution in [3.63, 3.8) is 0 Å². The van der Waals surface area contributed by atoms with E-state index in [1.807, 2.05) is 25.1 Å². The molecule has 2 aromatic rings. The maximum Gasteiger partial charge on any atom is 0.241 e. The Bertz CT molecular complexity index is 809. The van der Waals surface area contributed by atoms with E-state index < -0.39 is 0 Å². The first-order valence-electron chi connectivity index (χ1n) is 8.49. The van der Waals surface area contributed by atoms with Crippen molar-refractivity contribution in [3.8, 4) is 6.07 Å². The molecule has 1 atom stereocenters. The molecule has 1 aromatic heterocycles. The highest BCUT2D eigenvalue weighted by molar-refractivity contribution is 9.10. The molecule has 2 heterocycles. The second-order valence-corrected chi connectivity index (χ2v) is 7.10. The molecule has 0 bridgehead atoms. The fourth-order valence-electron chi connectivity index (χ4n) is 2.99. The summed E-state index contributed by atoms with van der Waals surface area (Å²) in [6.45, 7) is 5.11. The molecular weight excluding hydrogens is 394 g/mol. The summed E-state index contributed by atoms with van der Waals surface area (Å²) in [7, 11) is 0. The van der Waals surface area contributed by atoms with Crippen LogP contribution in [0.25, 0.3) is 0 Å². The van der Waals surface area contributed by atoms with Crippen molar-refractivity contribution in [2.24, 2.45) is 0 Å². The monoisotopic (exact) mass is 413 g/mol. The van der Waals surface area contributed by atoms with Crippen LogP contribution in [0, 0.1) is 11.3 Å². The molecule has 7 heteroatoms.